The molecule has 226 valence electrons. The number of rotatable bonds is 5. The predicted octanol–water partition coefficient (Wildman–Crippen LogP) is 2.93. The average Bonchev–Trinajstić information content (AvgIpc) is 3.65. The van der Waals surface area contributed by atoms with Gasteiger partial charge in [0.1, 0.15) is 5.69 Å². The van der Waals surface area contributed by atoms with Crippen molar-refractivity contribution in [2.45, 2.75) is 24.6 Å². The summed E-state index contributed by atoms with van der Waals surface area (Å²) in [4.78, 5) is 37.9. The Morgan fingerprint density at radius 3 is 2.56 bits per heavy atom. The van der Waals surface area contributed by atoms with Crippen LogP contribution in [0.25, 0.3) is 16.9 Å². The van der Waals surface area contributed by atoms with Crippen LogP contribution in [-0.2, 0) is 11.0 Å². The van der Waals surface area contributed by atoms with Crippen molar-refractivity contribution in [2.75, 3.05) is 44.6 Å². The summed E-state index contributed by atoms with van der Waals surface area (Å²) in [6.07, 6.45) is 1.79. The number of aromatic amines is 1. The fourth-order valence-corrected chi connectivity index (χ4v) is 5.72. The smallest absolute Gasteiger partial charge is 0.379 e. The quantitative estimate of drug-likeness (QED) is 0.268. The molecule has 0 unspecified atom stereocenters. The van der Waals surface area contributed by atoms with Crippen molar-refractivity contribution in [3.8, 4) is 11.3 Å². The average molecular weight is 618 g/mol. The second-order valence-corrected chi connectivity index (χ2v) is 10.9. The minimum atomic E-state index is -4.63. The van der Waals surface area contributed by atoms with Gasteiger partial charge in [-0.1, -0.05) is 11.6 Å². The highest BCUT2D eigenvalue weighted by molar-refractivity contribution is 6.34. The van der Waals surface area contributed by atoms with E-state index in [1.165, 1.54) is 23.0 Å². The van der Waals surface area contributed by atoms with Crippen LogP contribution in [0.3, 0.4) is 0 Å². The van der Waals surface area contributed by atoms with E-state index in [9.17, 15) is 27.9 Å². The Bertz CT molecular complexity index is 1670. The van der Waals surface area contributed by atoms with Crippen LogP contribution in [0.1, 0.15) is 28.9 Å². The zero-order valence-electron chi connectivity index (χ0n) is 22.7. The Kier molecular flexibility index (Phi) is 7.48. The van der Waals surface area contributed by atoms with Gasteiger partial charge < -0.3 is 25.5 Å². The second kappa shape index (κ2) is 11.1. The van der Waals surface area contributed by atoms with Crippen molar-refractivity contribution < 1.29 is 27.9 Å². The van der Waals surface area contributed by atoms with Gasteiger partial charge >= 0.3 is 6.18 Å². The Balaban J connectivity index is 1.15. The third-order valence-electron chi connectivity index (χ3n) is 7.70. The van der Waals surface area contributed by atoms with Crippen LogP contribution in [0, 0.1) is 0 Å². The summed E-state index contributed by atoms with van der Waals surface area (Å²) in [6.45, 7) is 2.18. The maximum atomic E-state index is 13.4. The largest absolute Gasteiger partial charge is 0.433 e. The van der Waals surface area contributed by atoms with Crippen LogP contribution in [-0.4, -0.2) is 96.2 Å². The third-order valence-corrected chi connectivity index (χ3v) is 8.02. The first-order valence-corrected chi connectivity index (χ1v) is 13.9. The molecule has 43 heavy (non-hydrogen) atoms. The molecule has 2 aliphatic rings. The van der Waals surface area contributed by atoms with Crippen molar-refractivity contribution in [1.29, 1.82) is 0 Å². The molecule has 0 aliphatic carbocycles. The molecular weight excluding hydrogens is 591 g/mol. The molecule has 6 rings (SSSR count). The molecule has 0 bridgehead atoms. The van der Waals surface area contributed by atoms with Crippen LogP contribution in [0.2, 0.25) is 5.02 Å². The normalized spacial score (nSPS) is 19.6. The minimum Gasteiger partial charge on any atom is -0.379 e. The van der Waals surface area contributed by atoms with Crippen molar-refractivity contribution in [3.05, 3.63) is 59.3 Å². The van der Waals surface area contributed by atoms with Crippen LogP contribution >= 0.6 is 11.6 Å². The molecule has 4 aromatic rings. The van der Waals surface area contributed by atoms with Gasteiger partial charge in [-0.05, 0) is 37.6 Å². The summed E-state index contributed by atoms with van der Waals surface area (Å²) in [5.74, 6) is -0.351. The fourth-order valence-electron chi connectivity index (χ4n) is 5.46. The van der Waals surface area contributed by atoms with E-state index in [1.807, 2.05) is 5.10 Å². The SMILES string of the molecule is O=C(c1ccc(Nc2nccn3c(-c4cn[nH]c4C(F)(F)F)cnc23)cc1Cl)N1CCN(C(=O)[C@]2(O)CCCNC2)CC1. The van der Waals surface area contributed by atoms with Crippen molar-refractivity contribution in [2.24, 2.45) is 0 Å². The molecule has 5 heterocycles. The number of aliphatic hydroxyl groups is 1. The first-order valence-electron chi connectivity index (χ1n) is 13.6. The van der Waals surface area contributed by atoms with E-state index in [4.69, 9.17) is 11.6 Å². The number of H-pyrrole nitrogens is 1. The van der Waals surface area contributed by atoms with Gasteiger partial charge in [0.05, 0.1) is 34.2 Å². The molecule has 12 nitrogen and oxygen atoms in total. The maximum absolute atomic E-state index is 13.4. The number of nitrogens with one attached hydrogen (secondary N) is 3. The van der Waals surface area contributed by atoms with E-state index in [0.29, 0.717) is 44.7 Å². The summed E-state index contributed by atoms with van der Waals surface area (Å²) in [6, 6.07) is 4.75. The molecular formula is C27H27ClF3N9O3. The number of nitrogens with zero attached hydrogens (tertiary/aromatic N) is 6. The molecule has 2 amide bonds. The number of hydrogen-bond donors (Lipinski definition) is 4. The van der Waals surface area contributed by atoms with Gasteiger partial charge in [-0.3, -0.25) is 19.1 Å². The lowest BCUT2D eigenvalue weighted by Gasteiger charge is -2.40. The highest BCUT2D eigenvalue weighted by atomic mass is 35.5. The standard InChI is InChI=1S/C27H27ClF3N9O3/c28-19-12-16(36-22-23-34-14-20(40(23)7-6-33-22)18-13-35-37-21(18)27(29,30)31)2-3-17(19)24(41)38-8-10-39(11-9-38)25(42)26(43)4-1-5-32-15-26/h2-3,6-7,12-14,32,43H,1,4-5,8-11,15H2,(H,33,36)(H,35,37)/t26-/m0/s1. The summed E-state index contributed by atoms with van der Waals surface area (Å²) >= 11 is 6.51. The zero-order chi connectivity index (χ0) is 30.4. The van der Waals surface area contributed by atoms with Gasteiger partial charge in [0, 0.05) is 50.8 Å². The predicted molar refractivity (Wildman–Crippen MR) is 150 cm³/mol. The molecule has 1 atom stereocenters. The lowest BCUT2D eigenvalue weighted by atomic mass is 9.92. The number of piperidine rings is 1. The number of carbonyl (C=O) groups excluding carboxylic acids is 2. The number of amides is 2. The van der Waals surface area contributed by atoms with Gasteiger partial charge in [0.2, 0.25) is 0 Å². The van der Waals surface area contributed by atoms with E-state index in [-0.39, 0.29) is 51.7 Å². The van der Waals surface area contributed by atoms with E-state index in [0.717, 1.165) is 12.7 Å². The highest BCUT2D eigenvalue weighted by Gasteiger charge is 2.41. The van der Waals surface area contributed by atoms with Crippen LogP contribution in [0.15, 0.2) is 43.0 Å². The summed E-state index contributed by atoms with van der Waals surface area (Å²) in [7, 11) is 0. The number of piperazine rings is 1. The number of aromatic nitrogens is 5. The minimum absolute atomic E-state index is 0.157. The molecule has 3 aromatic heterocycles. The van der Waals surface area contributed by atoms with E-state index in [1.54, 1.807) is 28.0 Å². The molecule has 0 saturated carbocycles. The number of imidazole rings is 1. The number of carbonyl (C=O) groups is 2. The number of hydrogen-bond acceptors (Lipinski definition) is 8. The lowest BCUT2D eigenvalue weighted by Crippen LogP contribution is -2.60. The molecule has 1 aromatic carbocycles. The molecule has 2 aliphatic heterocycles. The van der Waals surface area contributed by atoms with E-state index in [2.05, 4.69) is 25.7 Å². The Hall–Kier alpha value is -4.21. The fraction of sp³-hybridized carbons (Fsp3) is 0.370. The van der Waals surface area contributed by atoms with E-state index >= 15 is 0 Å². The van der Waals surface area contributed by atoms with Crippen molar-refractivity contribution in [1.82, 2.24) is 39.7 Å². The monoisotopic (exact) mass is 617 g/mol. The first kappa shape index (κ1) is 28.9. The number of benzene rings is 1. The molecule has 0 radical (unpaired) electrons. The number of alkyl halides is 3. The van der Waals surface area contributed by atoms with Crippen molar-refractivity contribution >= 4 is 40.6 Å². The van der Waals surface area contributed by atoms with Gasteiger partial charge in [-0.15, -0.1) is 0 Å². The number of fused-ring (bicyclic) bond motifs is 1. The maximum Gasteiger partial charge on any atom is 0.433 e. The van der Waals surface area contributed by atoms with E-state index < -0.39 is 17.5 Å². The number of β-amino-alcohol motifs (C(OH)–C–C–N with tert-alkyl or cyclic N) is 1. The van der Waals surface area contributed by atoms with Gasteiger partial charge in [0.15, 0.2) is 17.1 Å². The van der Waals surface area contributed by atoms with Crippen LogP contribution in [0.5, 0.6) is 0 Å². The topological polar surface area (TPSA) is 144 Å². The Morgan fingerprint density at radius 1 is 1.09 bits per heavy atom. The first-order chi connectivity index (χ1) is 20.5. The van der Waals surface area contributed by atoms with Gasteiger partial charge in [-0.25, -0.2) is 9.97 Å². The summed E-state index contributed by atoms with van der Waals surface area (Å²) < 4.78 is 41.7. The molecule has 0 spiro atoms. The zero-order valence-corrected chi connectivity index (χ0v) is 23.4. The van der Waals surface area contributed by atoms with Crippen molar-refractivity contribution in [3.63, 3.8) is 0 Å². The number of halogens is 4. The van der Waals surface area contributed by atoms with Crippen LogP contribution < -0.4 is 10.6 Å². The lowest BCUT2D eigenvalue weighted by molar-refractivity contribution is -0.154. The van der Waals surface area contributed by atoms with Crippen LogP contribution in [0.4, 0.5) is 24.7 Å². The summed E-state index contributed by atoms with van der Waals surface area (Å²) in [5.41, 5.74) is -1.36. The van der Waals surface area contributed by atoms with Gasteiger partial charge in [-0.2, -0.15) is 18.3 Å². The summed E-state index contributed by atoms with van der Waals surface area (Å²) in [5, 5.41) is 22.6. The second-order valence-electron chi connectivity index (χ2n) is 10.5. The Labute approximate surface area is 247 Å². The van der Waals surface area contributed by atoms with Gasteiger partial charge in [0.25, 0.3) is 11.8 Å². The Morgan fingerprint density at radius 2 is 1.86 bits per heavy atom. The number of anilines is 2. The molecule has 2 saturated heterocycles. The third kappa shape index (κ3) is 5.50. The highest BCUT2D eigenvalue weighted by Crippen LogP contribution is 2.36. The molecule has 2 fully saturated rings. The molecule has 16 heteroatoms. The molecule has 4 N–H and O–H groups in total.